The minimum atomic E-state index is -3.51. The molecule has 6 heteroatoms. The predicted molar refractivity (Wildman–Crippen MR) is 73.8 cm³/mol. The summed E-state index contributed by atoms with van der Waals surface area (Å²) in [4.78, 5) is 2.46. The number of hydrogen-bond acceptors (Lipinski definition) is 4. The van der Waals surface area contributed by atoms with Crippen molar-refractivity contribution in [1.29, 1.82) is 0 Å². The second kappa shape index (κ2) is 4.61. The molecule has 3 rings (SSSR count). The Kier molecular flexibility index (Phi) is 3.06. The number of fused-ring (bicyclic) bond motifs is 1. The molecule has 0 unspecified atom stereocenters. The van der Waals surface area contributed by atoms with Crippen LogP contribution in [0.4, 0.5) is 0 Å². The van der Waals surface area contributed by atoms with Crippen molar-refractivity contribution in [3.05, 3.63) is 29.8 Å². The standard InChI is InChI=1S/C13H17N3O2S/c1-2-7-16(10-8-14-9-10)13-11-5-3-4-6-12(11)19(17,18)15-13/h3-6,10,14H,2,7-9H2,1H3. The van der Waals surface area contributed by atoms with Gasteiger partial charge in [-0.25, -0.2) is 0 Å². The predicted octanol–water partition coefficient (Wildman–Crippen LogP) is 0.819. The number of nitrogens with one attached hydrogen (secondary N) is 1. The van der Waals surface area contributed by atoms with E-state index in [1.165, 1.54) is 0 Å². The number of sulfonamides is 1. The Morgan fingerprint density at radius 3 is 2.74 bits per heavy atom. The van der Waals surface area contributed by atoms with Crippen molar-refractivity contribution in [1.82, 2.24) is 10.2 Å². The van der Waals surface area contributed by atoms with Gasteiger partial charge < -0.3 is 10.2 Å². The molecule has 0 spiro atoms. The zero-order chi connectivity index (χ0) is 13.5. The van der Waals surface area contributed by atoms with Gasteiger partial charge in [0, 0.05) is 25.2 Å². The third kappa shape index (κ3) is 2.04. The molecule has 0 amide bonds. The Morgan fingerprint density at radius 2 is 2.11 bits per heavy atom. The van der Waals surface area contributed by atoms with E-state index in [0.29, 0.717) is 16.8 Å². The summed E-state index contributed by atoms with van der Waals surface area (Å²) < 4.78 is 28.1. The first-order valence-electron chi connectivity index (χ1n) is 6.55. The fourth-order valence-electron chi connectivity index (χ4n) is 2.49. The van der Waals surface area contributed by atoms with Gasteiger partial charge in [-0.1, -0.05) is 19.1 Å². The van der Waals surface area contributed by atoms with Crippen LogP contribution in [0.15, 0.2) is 33.6 Å². The molecule has 1 saturated heterocycles. The van der Waals surface area contributed by atoms with Crippen LogP contribution in [0.2, 0.25) is 0 Å². The minimum Gasteiger partial charge on any atom is -0.350 e. The highest BCUT2D eigenvalue weighted by atomic mass is 32.2. The van der Waals surface area contributed by atoms with E-state index in [4.69, 9.17) is 0 Å². The Balaban J connectivity index is 2.04. The maximum atomic E-state index is 12.1. The lowest BCUT2D eigenvalue weighted by atomic mass is 10.1. The molecule has 2 heterocycles. The van der Waals surface area contributed by atoms with E-state index in [0.717, 1.165) is 31.6 Å². The van der Waals surface area contributed by atoms with Crippen LogP contribution in [-0.4, -0.2) is 44.8 Å². The van der Waals surface area contributed by atoms with Gasteiger partial charge in [-0.05, 0) is 18.6 Å². The molecule has 5 nitrogen and oxygen atoms in total. The van der Waals surface area contributed by atoms with E-state index in [1.807, 2.05) is 12.1 Å². The van der Waals surface area contributed by atoms with Crippen LogP contribution < -0.4 is 5.32 Å². The molecule has 0 atom stereocenters. The van der Waals surface area contributed by atoms with Crippen molar-refractivity contribution in [2.45, 2.75) is 24.3 Å². The largest absolute Gasteiger partial charge is 0.350 e. The van der Waals surface area contributed by atoms with Gasteiger partial charge in [0.15, 0.2) is 5.84 Å². The van der Waals surface area contributed by atoms with E-state index in [1.54, 1.807) is 12.1 Å². The lowest BCUT2D eigenvalue weighted by Crippen LogP contribution is -2.59. The first-order valence-corrected chi connectivity index (χ1v) is 7.99. The zero-order valence-corrected chi connectivity index (χ0v) is 11.7. The molecule has 1 N–H and O–H groups in total. The van der Waals surface area contributed by atoms with Crippen molar-refractivity contribution >= 4 is 15.9 Å². The van der Waals surface area contributed by atoms with Crippen molar-refractivity contribution in [3.8, 4) is 0 Å². The number of amidine groups is 1. The van der Waals surface area contributed by atoms with E-state index in [-0.39, 0.29) is 0 Å². The molecular formula is C13H17N3O2S. The molecule has 0 aromatic heterocycles. The van der Waals surface area contributed by atoms with Crippen LogP contribution in [-0.2, 0) is 10.0 Å². The van der Waals surface area contributed by atoms with Gasteiger partial charge >= 0.3 is 0 Å². The van der Waals surface area contributed by atoms with Crippen LogP contribution in [0.25, 0.3) is 0 Å². The summed E-state index contributed by atoms with van der Waals surface area (Å²) in [6.07, 6.45) is 0.970. The van der Waals surface area contributed by atoms with Gasteiger partial charge in [0.2, 0.25) is 0 Å². The SMILES string of the molecule is CCCN(C1=NS(=O)(=O)c2ccccc21)C1CNC1. The molecule has 102 valence electrons. The number of benzene rings is 1. The average Bonchev–Trinajstić information content (AvgIpc) is 2.60. The van der Waals surface area contributed by atoms with Crippen LogP contribution in [0.5, 0.6) is 0 Å². The lowest BCUT2D eigenvalue weighted by Gasteiger charge is -2.39. The van der Waals surface area contributed by atoms with Gasteiger partial charge in [-0.2, -0.15) is 8.42 Å². The lowest BCUT2D eigenvalue weighted by molar-refractivity contribution is 0.232. The minimum absolute atomic E-state index is 0.332. The fourth-order valence-corrected chi connectivity index (χ4v) is 3.71. The third-order valence-electron chi connectivity index (χ3n) is 3.55. The first kappa shape index (κ1) is 12.6. The molecule has 0 bridgehead atoms. The zero-order valence-electron chi connectivity index (χ0n) is 10.8. The average molecular weight is 279 g/mol. The van der Waals surface area contributed by atoms with Crippen molar-refractivity contribution in [2.75, 3.05) is 19.6 Å². The molecule has 19 heavy (non-hydrogen) atoms. The maximum absolute atomic E-state index is 12.1. The molecule has 1 aromatic carbocycles. The summed E-state index contributed by atoms with van der Waals surface area (Å²) in [7, 11) is -3.51. The first-order chi connectivity index (χ1) is 9.13. The van der Waals surface area contributed by atoms with Gasteiger partial charge in [0.05, 0.1) is 6.04 Å². The van der Waals surface area contributed by atoms with Crippen LogP contribution in [0, 0.1) is 0 Å². The molecule has 2 aliphatic heterocycles. The molecule has 0 radical (unpaired) electrons. The second-order valence-corrected chi connectivity index (χ2v) is 6.46. The van der Waals surface area contributed by atoms with E-state index >= 15 is 0 Å². The Morgan fingerprint density at radius 1 is 1.37 bits per heavy atom. The van der Waals surface area contributed by atoms with Crippen LogP contribution >= 0.6 is 0 Å². The summed E-state index contributed by atoms with van der Waals surface area (Å²) in [5.41, 5.74) is 0.739. The molecule has 2 aliphatic rings. The normalized spacial score (nSPS) is 20.6. The highest BCUT2D eigenvalue weighted by molar-refractivity contribution is 7.90. The smallest absolute Gasteiger partial charge is 0.285 e. The molecular weight excluding hydrogens is 262 g/mol. The number of hydrogen-bond donors (Lipinski definition) is 1. The van der Waals surface area contributed by atoms with Crippen LogP contribution in [0.3, 0.4) is 0 Å². The van der Waals surface area contributed by atoms with Crippen molar-refractivity contribution in [3.63, 3.8) is 0 Å². The summed E-state index contributed by atoms with van der Waals surface area (Å²) in [5, 5.41) is 3.22. The van der Waals surface area contributed by atoms with Gasteiger partial charge in [-0.3, -0.25) is 0 Å². The van der Waals surface area contributed by atoms with Crippen LogP contribution in [0.1, 0.15) is 18.9 Å². The summed E-state index contributed by atoms with van der Waals surface area (Å²) in [6, 6.07) is 7.42. The van der Waals surface area contributed by atoms with Gasteiger partial charge in [-0.15, -0.1) is 4.40 Å². The highest BCUT2D eigenvalue weighted by Gasteiger charge is 2.35. The topological polar surface area (TPSA) is 61.8 Å². The van der Waals surface area contributed by atoms with Gasteiger partial charge in [0.25, 0.3) is 10.0 Å². The Labute approximate surface area is 113 Å². The molecule has 1 aromatic rings. The second-order valence-electron chi connectivity index (χ2n) is 4.89. The van der Waals surface area contributed by atoms with E-state index < -0.39 is 10.0 Å². The Bertz CT molecular complexity index is 621. The fraction of sp³-hybridized carbons (Fsp3) is 0.462. The quantitative estimate of drug-likeness (QED) is 0.890. The monoisotopic (exact) mass is 279 g/mol. The number of nitrogens with zero attached hydrogens (tertiary/aromatic N) is 2. The van der Waals surface area contributed by atoms with Crippen molar-refractivity contribution in [2.24, 2.45) is 4.40 Å². The highest BCUT2D eigenvalue weighted by Crippen LogP contribution is 2.28. The Hall–Kier alpha value is -1.40. The summed E-state index contributed by atoms with van der Waals surface area (Å²) in [6.45, 7) is 4.70. The molecule has 1 fully saturated rings. The molecule has 0 aliphatic carbocycles. The number of rotatable bonds is 3. The summed E-state index contributed by atoms with van der Waals surface area (Å²) >= 11 is 0. The van der Waals surface area contributed by atoms with E-state index in [2.05, 4.69) is 21.5 Å². The van der Waals surface area contributed by atoms with Gasteiger partial charge in [0.1, 0.15) is 4.90 Å². The summed E-state index contributed by atoms with van der Waals surface area (Å²) in [5.74, 6) is 0.615. The third-order valence-corrected chi connectivity index (χ3v) is 4.87. The molecule has 0 saturated carbocycles. The van der Waals surface area contributed by atoms with E-state index in [9.17, 15) is 8.42 Å². The maximum Gasteiger partial charge on any atom is 0.285 e. The van der Waals surface area contributed by atoms with Crippen molar-refractivity contribution < 1.29 is 8.42 Å².